The summed E-state index contributed by atoms with van der Waals surface area (Å²) in [6.07, 6.45) is 5.59. The van der Waals surface area contributed by atoms with Crippen LogP contribution in [0.25, 0.3) is 6.08 Å². The van der Waals surface area contributed by atoms with Gasteiger partial charge in [0.2, 0.25) is 5.91 Å². The Labute approximate surface area is 100 Å². The molecule has 1 aromatic heterocycles. The smallest absolute Gasteiger partial charge is 0.246 e. The summed E-state index contributed by atoms with van der Waals surface area (Å²) >= 11 is 0. The summed E-state index contributed by atoms with van der Waals surface area (Å²) in [5, 5.41) is 13.8. The van der Waals surface area contributed by atoms with Crippen molar-refractivity contribution in [1.29, 1.82) is 0 Å². The van der Waals surface area contributed by atoms with E-state index in [4.69, 9.17) is 0 Å². The van der Waals surface area contributed by atoms with Crippen molar-refractivity contribution >= 4 is 12.0 Å². The lowest BCUT2D eigenvalue weighted by atomic mass is 10.1. The van der Waals surface area contributed by atoms with E-state index in [2.05, 4.69) is 5.10 Å². The van der Waals surface area contributed by atoms with Crippen molar-refractivity contribution < 1.29 is 9.90 Å². The molecular formula is C12H17N3O2. The summed E-state index contributed by atoms with van der Waals surface area (Å²) in [6, 6.07) is 1.84. The molecule has 2 heterocycles. The molecule has 0 radical (unpaired) electrons. The number of rotatable bonds is 2. The van der Waals surface area contributed by atoms with E-state index in [-0.39, 0.29) is 5.91 Å². The minimum Gasteiger partial charge on any atom is -0.388 e. The zero-order valence-electron chi connectivity index (χ0n) is 10.1. The number of hydrogen-bond acceptors (Lipinski definition) is 3. The molecule has 1 fully saturated rings. The SMILES string of the molecule is Cn1nccc1/C=C/C(=O)N1CCC(C)(O)C1. The van der Waals surface area contributed by atoms with Gasteiger partial charge in [-0.1, -0.05) is 0 Å². The fraction of sp³-hybridized carbons (Fsp3) is 0.500. The average Bonchev–Trinajstić information content (AvgIpc) is 2.81. The predicted molar refractivity (Wildman–Crippen MR) is 64.1 cm³/mol. The van der Waals surface area contributed by atoms with Crippen LogP contribution in [-0.2, 0) is 11.8 Å². The van der Waals surface area contributed by atoms with E-state index < -0.39 is 5.60 Å². The summed E-state index contributed by atoms with van der Waals surface area (Å²) in [5.41, 5.74) is 0.139. The second-order valence-corrected chi connectivity index (χ2v) is 4.72. The molecule has 0 aromatic carbocycles. The van der Waals surface area contributed by atoms with E-state index in [1.807, 2.05) is 13.1 Å². The largest absolute Gasteiger partial charge is 0.388 e. The van der Waals surface area contributed by atoms with Crippen molar-refractivity contribution in [1.82, 2.24) is 14.7 Å². The van der Waals surface area contributed by atoms with Crippen molar-refractivity contribution in [2.45, 2.75) is 18.9 Å². The minimum absolute atomic E-state index is 0.0658. The molecule has 0 saturated carbocycles. The van der Waals surface area contributed by atoms with Gasteiger partial charge in [0, 0.05) is 32.4 Å². The first kappa shape index (κ1) is 11.9. The number of carbonyl (C=O) groups is 1. The van der Waals surface area contributed by atoms with Gasteiger partial charge in [0.15, 0.2) is 0 Å². The highest BCUT2D eigenvalue weighted by Crippen LogP contribution is 2.20. The van der Waals surface area contributed by atoms with Gasteiger partial charge in [-0.05, 0) is 25.5 Å². The quantitative estimate of drug-likeness (QED) is 0.756. The lowest BCUT2D eigenvalue weighted by molar-refractivity contribution is -0.125. The molecule has 1 saturated heterocycles. The van der Waals surface area contributed by atoms with E-state index in [0.29, 0.717) is 19.5 Å². The summed E-state index contributed by atoms with van der Waals surface area (Å²) in [5.74, 6) is -0.0658. The number of aromatic nitrogens is 2. The van der Waals surface area contributed by atoms with Crippen LogP contribution in [0.3, 0.4) is 0 Å². The molecule has 1 aliphatic heterocycles. The Bertz CT molecular complexity index is 448. The van der Waals surface area contributed by atoms with Gasteiger partial charge in [0.05, 0.1) is 11.3 Å². The Balaban J connectivity index is 1.99. The third-order valence-corrected chi connectivity index (χ3v) is 3.02. The van der Waals surface area contributed by atoms with Crippen molar-refractivity contribution in [3.05, 3.63) is 24.0 Å². The van der Waals surface area contributed by atoms with E-state index >= 15 is 0 Å². The number of β-amino-alcohol motifs (C(OH)–C–C–N with tert-alkyl or cyclic N) is 1. The molecule has 2 rings (SSSR count). The van der Waals surface area contributed by atoms with Gasteiger partial charge in [-0.25, -0.2) is 0 Å². The number of nitrogens with zero attached hydrogens (tertiary/aromatic N) is 3. The number of aryl methyl sites for hydroxylation is 1. The molecule has 1 unspecified atom stereocenters. The van der Waals surface area contributed by atoms with Crippen LogP contribution in [0.15, 0.2) is 18.3 Å². The number of aliphatic hydroxyl groups is 1. The summed E-state index contributed by atoms with van der Waals surface area (Å²) in [6.45, 7) is 2.77. The third-order valence-electron chi connectivity index (χ3n) is 3.02. The van der Waals surface area contributed by atoms with Crippen LogP contribution in [0, 0.1) is 0 Å². The first-order valence-corrected chi connectivity index (χ1v) is 5.65. The second kappa shape index (κ2) is 4.33. The Morgan fingerprint density at radius 1 is 1.65 bits per heavy atom. The number of hydrogen-bond donors (Lipinski definition) is 1. The molecule has 0 bridgehead atoms. The highest BCUT2D eigenvalue weighted by Gasteiger charge is 2.32. The van der Waals surface area contributed by atoms with Gasteiger partial charge in [0.1, 0.15) is 0 Å². The summed E-state index contributed by atoms with van der Waals surface area (Å²) in [7, 11) is 1.82. The second-order valence-electron chi connectivity index (χ2n) is 4.72. The Hall–Kier alpha value is -1.62. The molecule has 0 spiro atoms. The van der Waals surface area contributed by atoms with Crippen molar-refractivity contribution in [3.63, 3.8) is 0 Å². The third kappa shape index (κ3) is 2.74. The monoisotopic (exact) mass is 235 g/mol. The van der Waals surface area contributed by atoms with Crippen molar-refractivity contribution in [2.75, 3.05) is 13.1 Å². The highest BCUT2D eigenvalue weighted by molar-refractivity contribution is 5.91. The molecule has 92 valence electrons. The standard InChI is InChI=1S/C12H17N3O2/c1-12(17)6-8-15(9-12)11(16)4-3-10-5-7-13-14(10)2/h3-5,7,17H,6,8-9H2,1-2H3/b4-3+. The van der Waals surface area contributed by atoms with E-state index in [9.17, 15) is 9.90 Å². The Morgan fingerprint density at radius 2 is 2.41 bits per heavy atom. The van der Waals surface area contributed by atoms with Crippen LogP contribution in [0.4, 0.5) is 0 Å². The summed E-state index contributed by atoms with van der Waals surface area (Å²) < 4.78 is 1.70. The van der Waals surface area contributed by atoms with Gasteiger partial charge in [-0.15, -0.1) is 0 Å². The molecule has 1 aliphatic rings. The zero-order chi connectivity index (χ0) is 12.5. The molecule has 1 N–H and O–H groups in total. The molecule has 1 aromatic rings. The molecule has 5 nitrogen and oxygen atoms in total. The van der Waals surface area contributed by atoms with Gasteiger partial charge in [-0.3, -0.25) is 9.48 Å². The molecule has 17 heavy (non-hydrogen) atoms. The fourth-order valence-corrected chi connectivity index (χ4v) is 1.94. The van der Waals surface area contributed by atoms with Crippen LogP contribution in [0.5, 0.6) is 0 Å². The Morgan fingerprint density at radius 3 is 2.94 bits per heavy atom. The van der Waals surface area contributed by atoms with Crippen LogP contribution < -0.4 is 0 Å². The van der Waals surface area contributed by atoms with E-state index in [1.54, 1.807) is 28.8 Å². The fourth-order valence-electron chi connectivity index (χ4n) is 1.94. The Kier molecular flexibility index (Phi) is 3.02. The normalized spacial score (nSPS) is 24.8. The van der Waals surface area contributed by atoms with E-state index in [0.717, 1.165) is 5.69 Å². The van der Waals surface area contributed by atoms with Crippen LogP contribution in [0.1, 0.15) is 19.0 Å². The van der Waals surface area contributed by atoms with Crippen LogP contribution >= 0.6 is 0 Å². The topological polar surface area (TPSA) is 58.4 Å². The zero-order valence-corrected chi connectivity index (χ0v) is 10.1. The number of amides is 1. The lowest BCUT2D eigenvalue weighted by Crippen LogP contribution is -2.32. The van der Waals surface area contributed by atoms with Gasteiger partial charge in [0.25, 0.3) is 0 Å². The van der Waals surface area contributed by atoms with Crippen molar-refractivity contribution in [3.8, 4) is 0 Å². The predicted octanol–water partition coefficient (Wildman–Crippen LogP) is 0.417. The van der Waals surface area contributed by atoms with Gasteiger partial charge in [-0.2, -0.15) is 5.10 Å². The van der Waals surface area contributed by atoms with Crippen LogP contribution in [0.2, 0.25) is 0 Å². The summed E-state index contributed by atoms with van der Waals surface area (Å²) in [4.78, 5) is 13.5. The van der Waals surface area contributed by atoms with Gasteiger partial charge >= 0.3 is 0 Å². The van der Waals surface area contributed by atoms with Crippen molar-refractivity contribution in [2.24, 2.45) is 7.05 Å². The molecule has 5 heteroatoms. The van der Waals surface area contributed by atoms with E-state index in [1.165, 1.54) is 6.08 Å². The highest BCUT2D eigenvalue weighted by atomic mass is 16.3. The number of likely N-dealkylation sites (tertiary alicyclic amines) is 1. The van der Waals surface area contributed by atoms with Crippen LogP contribution in [-0.4, -0.2) is 44.4 Å². The first-order valence-electron chi connectivity index (χ1n) is 5.65. The maximum Gasteiger partial charge on any atom is 0.246 e. The maximum atomic E-state index is 11.8. The average molecular weight is 235 g/mol. The maximum absolute atomic E-state index is 11.8. The lowest BCUT2D eigenvalue weighted by Gasteiger charge is -2.17. The minimum atomic E-state index is -0.740. The molecular weight excluding hydrogens is 218 g/mol. The number of carbonyl (C=O) groups excluding carboxylic acids is 1. The first-order chi connectivity index (χ1) is 7.98. The molecule has 0 aliphatic carbocycles. The van der Waals surface area contributed by atoms with Gasteiger partial charge < -0.3 is 10.0 Å². The molecule has 1 amide bonds. The molecule has 1 atom stereocenters.